The predicted molar refractivity (Wildman–Crippen MR) is 82.9 cm³/mol. The molecule has 6 nitrogen and oxygen atoms in total. The van der Waals surface area contributed by atoms with Gasteiger partial charge in [-0.25, -0.2) is 13.1 Å². The van der Waals surface area contributed by atoms with Crippen LogP contribution in [0.3, 0.4) is 0 Å². The molecule has 0 saturated carbocycles. The molecular weight excluding hydrogens is 304 g/mol. The average Bonchev–Trinajstić information content (AvgIpc) is 3.08. The van der Waals surface area contributed by atoms with Crippen molar-refractivity contribution in [2.75, 3.05) is 25.9 Å². The lowest BCUT2D eigenvalue weighted by molar-refractivity contribution is -0.118. The van der Waals surface area contributed by atoms with Crippen LogP contribution in [0.4, 0.5) is 0 Å². The van der Waals surface area contributed by atoms with E-state index in [2.05, 4.69) is 9.62 Å². The van der Waals surface area contributed by atoms with Crippen LogP contribution in [0.1, 0.15) is 31.2 Å². The summed E-state index contributed by atoms with van der Waals surface area (Å²) in [6, 6.07) is 1.99. The summed E-state index contributed by atoms with van der Waals surface area (Å²) in [6.07, 6.45) is 8.74. The highest BCUT2D eigenvalue weighted by Crippen LogP contribution is 2.37. The molecule has 2 aliphatic heterocycles. The predicted octanol–water partition coefficient (Wildman–Crippen LogP) is 1.34. The van der Waals surface area contributed by atoms with Crippen molar-refractivity contribution in [1.29, 1.82) is 0 Å². The van der Waals surface area contributed by atoms with E-state index in [4.69, 9.17) is 9.15 Å². The van der Waals surface area contributed by atoms with Gasteiger partial charge in [-0.1, -0.05) is 0 Å². The van der Waals surface area contributed by atoms with Gasteiger partial charge >= 0.3 is 0 Å². The minimum absolute atomic E-state index is 0.0163. The van der Waals surface area contributed by atoms with Gasteiger partial charge in [0.25, 0.3) is 0 Å². The highest BCUT2D eigenvalue weighted by molar-refractivity contribution is 7.88. The third-order valence-corrected chi connectivity index (χ3v) is 5.22. The van der Waals surface area contributed by atoms with E-state index in [1.807, 2.05) is 6.07 Å². The molecule has 1 N–H and O–H groups in total. The summed E-state index contributed by atoms with van der Waals surface area (Å²) in [4.78, 5) is 2.39. The zero-order valence-electron chi connectivity index (χ0n) is 13.0. The van der Waals surface area contributed by atoms with Crippen molar-refractivity contribution in [2.24, 2.45) is 0 Å². The van der Waals surface area contributed by atoms with Gasteiger partial charge in [0, 0.05) is 31.7 Å². The number of ether oxygens (including phenoxy) is 1. The summed E-state index contributed by atoms with van der Waals surface area (Å²) < 4.78 is 36.4. The lowest BCUT2D eigenvalue weighted by Gasteiger charge is -2.38. The fourth-order valence-electron chi connectivity index (χ4n) is 3.51. The van der Waals surface area contributed by atoms with Crippen LogP contribution in [0.5, 0.6) is 0 Å². The summed E-state index contributed by atoms with van der Waals surface area (Å²) in [5, 5.41) is 0. The number of hydrogen-bond acceptors (Lipinski definition) is 5. The average molecular weight is 328 g/mol. The summed E-state index contributed by atoms with van der Waals surface area (Å²) in [5.74, 6) is 0. The zero-order valence-corrected chi connectivity index (χ0v) is 13.8. The number of hydrogen-bond donors (Lipinski definition) is 1. The molecule has 1 aromatic rings. The Morgan fingerprint density at radius 2 is 2.32 bits per heavy atom. The van der Waals surface area contributed by atoms with Crippen molar-refractivity contribution < 1.29 is 17.6 Å². The van der Waals surface area contributed by atoms with Crippen molar-refractivity contribution in [3.05, 3.63) is 24.2 Å². The molecule has 2 aliphatic rings. The van der Waals surface area contributed by atoms with Crippen molar-refractivity contribution in [3.63, 3.8) is 0 Å². The van der Waals surface area contributed by atoms with Gasteiger partial charge in [0.1, 0.15) is 0 Å². The first-order valence-electron chi connectivity index (χ1n) is 7.80. The molecule has 3 heterocycles. The number of rotatable bonds is 5. The molecule has 2 saturated heterocycles. The first kappa shape index (κ1) is 16.0. The molecule has 7 heteroatoms. The van der Waals surface area contributed by atoms with Gasteiger partial charge in [-0.05, 0) is 31.7 Å². The Morgan fingerprint density at radius 1 is 1.45 bits per heavy atom. The van der Waals surface area contributed by atoms with Gasteiger partial charge in [-0.3, -0.25) is 4.90 Å². The monoisotopic (exact) mass is 328 g/mol. The molecular formula is C15H24N2O4S. The third kappa shape index (κ3) is 4.10. The molecule has 124 valence electrons. The highest BCUT2D eigenvalue weighted by atomic mass is 32.2. The Labute approximate surface area is 131 Å². The maximum atomic E-state index is 11.2. The molecule has 0 aromatic carbocycles. The maximum Gasteiger partial charge on any atom is 0.208 e. The molecule has 2 atom stereocenters. The van der Waals surface area contributed by atoms with Crippen molar-refractivity contribution in [2.45, 2.75) is 43.9 Å². The minimum Gasteiger partial charge on any atom is -0.472 e. The summed E-state index contributed by atoms with van der Waals surface area (Å²) in [5.41, 5.74) is 1.08. The second-order valence-electron chi connectivity index (χ2n) is 6.53. The van der Waals surface area contributed by atoms with Crippen LogP contribution < -0.4 is 4.72 Å². The van der Waals surface area contributed by atoms with Gasteiger partial charge in [0.05, 0.1) is 30.5 Å². The fourth-order valence-corrected chi connectivity index (χ4v) is 4.00. The van der Waals surface area contributed by atoms with Crippen LogP contribution in [-0.4, -0.2) is 50.9 Å². The highest BCUT2D eigenvalue weighted by Gasteiger charge is 2.42. The van der Waals surface area contributed by atoms with E-state index in [1.165, 1.54) is 11.8 Å². The van der Waals surface area contributed by atoms with Crippen LogP contribution in [-0.2, 0) is 21.3 Å². The van der Waals surface area contributed by atoms with E-state index in [-0.39, 0.29) is 11.7 Å². The smallest absolute Gasteiger partial charge is 0.208 e. The maximum absolute atomic E-state index is 11.2. The molecule has 0 amide bonds. The largest absolute Gasteiger partial charge is 0.472 e. The topological polar surface area (TPSA) is 71.8 Å². The van der Waals surface area contributed by atoms with Crippen LogP contribution in [0, 0.1) is 0 Å². The lowest BCUT2D eigenvalue weighted by Crippen LogP contribution is -2.46. The van der Waals surface area contributed by atoms with Crippen molar-refractivity contribution >= 4 is 10.0 Å². The Bertz CT molecular complexity index is 587. The second-order valence-corrected chi connectivity index (χ2v) is 8.36. The number of nitrogens with zero attached hydrogens (tertiary/aromatic N) is 1. The summed E-state index contributed by atoms with van der Waals surface area (Å²) in [7, 11) is -3.15. The molecule has 3 rings (SSSR count). The molecule has 0 aliphatic carbocycles. The molecule has 2 fully saturated rings. The SMILES string of the molecule is CS(=O)(=O)NC[C@@H]1CCC[C@]2(CCN(Cc3ccoc3)C2)O1. The number of sulfonamides is 1. The van der Waals surface area contributed by atoms with Crippen LogP contribution >= 0.6 is 0 Å². The fraction of sp³-hybridized carbons (Fsp3) is 0.733. The first-order valence-corrected chi connectivity index (χ1v) is 9.69. The quantitative estimate of drug-likeness (QED) is 0.883. The van der Waals surface area contributed by atoms with Gasteiger partial charge in [-0.2, -0.15) is 0 Å². The van der Waals surface area contributed by atoms with Gasteiger partial charge in [0.15, 0.2) is 0 Å². The van der Waals surface area contributed by atoms with E-state index < -0.39 is 10.0 Å². The minimum atomic E-state index is -3.15. The molecule has 1 spiro atoms. The summed E-state index contributed by atoms with van der Waals surface area (Å²) in [6.45, 7) is 3.18. The van der Waals surface area contributed by atoms with Crippen LogP contribution in [0.2, 0.25) is 0 Å². The van der Waals surface area contributed by atoms with Gasteiger partial charge in [0.2, 0.25) is 10.0 Å². The lowest BCUT2D eigenvalue weighted by atomic mass is 9.90. The molecule has 1 aromatic heterocycles. The normalized spacial score (nSPS) is 30.1. The zero-order chi connectivity index (χ0) is 15.6. The van der Waals surface area contributed by atoms with E-state index >= 15 is 0 Å². The molecule has 22 heavy (non-hydrogen) atoms. The van der Waals surface area contributed by atoms with E-state index in [0.29, 0.717) is 6.54 Å². The standard InChI is InChI=1S/C15H24N2O4S/c1-22(18,19)16-9-14-3-2-5-15(21-14)6-7-17(12-15)10-13-4-8-20-11-13/h4,8,11,14,16H,2-3,5-7,9-10,12H2,1H3/t14-,15+/m0/s1. The van der Waals surface area contributed by atoms with Gasteiger partial charge in [-0.15, -0.1) is 0 Å². The Balaban J connectivity index is 1.55. The first-order chi connectivity index (χ1) is 10.4. The molecule has 0 radical (unpaired) electrons. The van der Waals surface area contributed by atoms with Crippen LogP contribution in [0.25, 0.3) is 0 Å². The van der Waals surface area contributed by atoms with Gasteiger partial charge < -0.3 is 9.15 Å². The van der Waals surface area contributed by atoms with E-state index in [0.717, 1.165) is 45.3 Å². The van der Waals surface area contributed by atoms with Crippen LogP contribution in [0.15, 0.2) is 23.0 Å². The Kier molecular flexibility index (Phi) is 4.59. The number of likely N-dealkylation sites (tertiary alicyclic amines) is 1. The molecule has 0 unspecified atom stereocenters. The third-order valence-electron chi connectivity index (χ3n) is 4.53. The number of nitrogens with one attached hydrogen (secondary N) is 1. The number of furan rings is 1. The Morgan fingerprint density at radius 3 is 3.05 bits per heavy atom. The van der Waals surface area contributed by atoms with E-state index in [9.17, 15) is 8.42 Å². The van der Waals surface area contributed by atoms with E-state index in [1.54, 1.807) is 12.5 Å². The Hall–Kier alpha value is -0.890. The van der Waals surface area contributed by atoms with Crippen molar-refractivity contribution in [3.8, 4) is 0 Å². The second kappa shape index (κ2) is 6.31. The summed E-state index contributed by atoms with van der Waals surface area (Å²) >= 11 is 0. The van der Waals surface area contributed by atoms with Crippen molar-refractivity contribution in [1.82, 2.24) is 9.62 Å². The molecule has 0 bridgehead atoms.